The van der Waals surface area contributed by atoms with E-state index in [0.29, 0.717) is 16.8 Å². The maximum atomic E-state index is 11.4. The number of nitrogens with zero attached hydrogens (tertiary/aromatic N) is 1. The predicted octanol–water partition coefficient (Wildman–Crippen LogP) is 0.541. The first kappa shape index (κ1) is 14.4. The highest BCUT2D eigenvalue weighted by molar-refractivity contribution is 5.70. The number of carbonyl (C=O) groups excluding carboxylic acids is 1. The van der Waals surface area contributed by atoms with Crippen molar-refractivity contribution in [3.63, 3.8) is 0 Å². The summed E-state index contributed by atoms with van der Waals surface area (Å²) in [5.74, 6) is -0.527. The van der Waals surface area contributed by atoms with Crippen molar-refractivity contribution in [2.24, 2.45) is 5.73 Å². The highest BCUT2D eigenvalue weighted by Crippen LogP contribution is 2.30. The van der Waals surface area contributed by atoms with E-state index in [2.05, 4.69) is 4.98 Å². The minimum Gasteiger partial charge on any atom is -0.506 e. The molecule has 1 heterocycles. The van der Waals surface area contributed by atoms with Gasteiger partial charge < -0.3 is 20.7 Å². The third-order valence-electron chi connectivity index (χ3n) is 2.59. The Kier molecular flexibility index (Phi) is 5.06. The van der Waals surface area contributed by atoms with Crippen LogP contribution in [0, 0.1) is 6.92 Å². The number of aromatic nitrogens is 1. The maximum absolute atomic E-state index is 11.4. The van der Waals surface area contributed by atoms with Crippen LogP contribution in [-0.4, -0.2) is 27.8 Å². The molecule has 1 rings (SSSR count). The lowest BCUT2D eigenvalue weighted by atomic mass is 9.98. The van der Waals surface area contributed by atoms with Crippen molar-refractivity contribution >= 4 is 5.97 Å². The maximum Gasteiger partial charge on any atom is 0.307 e. The molecule has 0 radical (unpaired) electrons. The fourth-order valence-electron chi connectivity index (χ4n) is 1.69. The van der Waals surface area contributed by atoms with E-state index in [1.807, 2.05) is 0 Å². The molecule has 6 nitrogen and oxygen atoms in total. The summed E-state index contributed by atoms with van der Waals surface area (Å²) in [6, 6.07) is -0.729. The fraction of sp³-hybridized carbons (Fsp3) is 0.500. The molecule has 0 amide bonds. The molecule has 1 aromatic rings. The van der Waals surface area contributed by atoms with Crippen molar-refractivity contribution in [1.29, 1.82) is 0 Å². The van der Waals surface area contributed by atoms with Gasteiger partial charge in [-0.05, 0) is 13.8 Å². The summed E-state index contributed by atoms with van der Waals surface area (Å²) in [6.45, 7) is 3.31. The Hall–Kier alpha value is -1.66. The van der Waals surface area contributed by atoms with Gasteiger partial charge in [0.05, 0.1) is 25.3 Å². The van der Waals surface area contributed by atoms with Crippen LogP contribution in [0.4, 0.5) is 0 Å². The number of rotatable bonds is 5. The standard InChI is InChI=1S/C12H18N2O4/c1-3-18-10(16)4-9(13)11-8(6-15)5-14-7(2)12(11)17/h5,9,15,17H,3-4,6,13H2,1-2H3/t9-/m0/s1. The van der Waals surface area contributed by atoms with E-state index >= 15 is 0 Å². The number of hydrogen-bond donors (Lipinski definition) is 3. The van der Waals surface area contributed by atoms with Crippen LogP contribution < -0.4 is 5.73 Å². The molecule has 6 heteroatoms. The van der Waals surface area contributed by atoms with Crippen LogP contribution in [-0.2, 0) is 16.1 Å². The number of pyridine rings is 1. The summed E-state index contributed by atoms with van der Waals surface area (Å²) in [5, 5.41) is 19.1. The molecule has 18 heavy (non-hydrogen) atoms. The first-order valence-electron chi connectivity index (χ1n) is 5.70. The number of carbonyl (C=O) groups is 1. The molecule has 0 unspecified atom stereocenters. The number of aromatic hydroxyl groups is 1. The van der Waals surface area contributed by atoms with E-state index in [1.54, 1.807) is 13.8 Å². The molecule has 100 valence electrons. The summed E-state index contributed by atoms with van der Waals surface area (Å²) < 4.78 is 4.80. The van der Waals surface area contributed by atoms with Gasteiger partial charge in [-0.3, -0.25) is 9.78 Å². The zero-order chi connectivity index (χ0) is 13.7. The van der Waals surface area contributed by atoms with Gasteiger partial charge in [0, 0.05) is 23.4 Å². The van der Waals surface area contributed by atoms with Crippen molar-refractivity contribution in [2.75, 3.05) is 6.61 Å². The fourth-order valence-corrected chi connectivity index (χ4v) is 1.69. The quantitative estimate of drug-likeness (QED) is 0.662. The Morgan fingerprint density at radius 1 is 1.61 bits per heavy atom. The Morgan fingerprint density at radius 2 is 2.28 bits per heavy atom. The first-order chi connectivity index (χ1) is 8.51. The van der Waals surface area contributed by atoms with Gasteiger partial charge in [-0.25, -0.2) is 0 Å². The second kappa shape index (κ2) is 6.32. The molecule has 0 bridgehead atoms. The summed E-state index contributed by atoms with van der Waals surface area (Å²) in [7, 11) is 0. The topological polar surface area (TPSA) is 106 Å². The summed E-state index contributed by atoms with van der Waals surface area (Å²) >= 11 is 0. The molecule has 0 spiro atoms. The molecular formula is C12H18N2O4. The van der Waals surface area contributed by atoms with Crippen LogP contribution in [0.5, 0.6) is 5.75 Å². The molecule has 0 aromatic carbocycles. The number of aliphatic hydroxyl groups excluding tert-OH is 1. The van der Waals surface area contributed by atoms with Crippen LogP contribution in [0.1, 0.15) is 36.2 Å². The van der Waals surface area contributed by atoms with Crippen LogP contribution in [0.15, 0.2) is 6.20 Å². The van der Waals surface area contributed by atoms with Crippen molar-refractivity contribution in [3.05, 3.63) is 23.0 Å². The molecule has 0 aliphatic rings. The molecule has 0 aliphatic heterocycles. The van der Waals surface area contributed by atoms with Crippen molar-refractivity contribution in [1.82, 2.24) is 4.98 Å². The number of hydrogen-bond acceptors (Lipinski definition) is 6. The summed E-state index contributed by atoms with van der Waals surface area (Å²) in [4.78, 5) is 15.3. The van der Waals surface area contributed by atoms with E-state index in [1.165, 1.54) is 6.20 Å². The highest BCUT2D eigenvalue weighted by Gasteiger charge is 2.21. The minimum absolute atomic E-state index is 0.0577. The zero-order valence-corrected chi connectivity index (χ0v) is 10.5. The van der Waals surface area contributed by atoms with Gasteiger partial charge in [0.2, 0.25) is 0 Å². The number of aryl methyl sites for hydroxylation is 1. The molecule has 0 saturated carbocycles. The van der Waals surface area contributed by atoms with Crippen LogP contribution in [0.3, 0.4) is 0 Å². The average Bonchev–Trinajstić information content (AvgIpc) is 2.32. The van der Waals surface area contributed by atoms with E-state index in [4.69, 9.17) is 10.5 Å². The highest BCUT2D eigenvalue weighted by atomic mass is 16.5. The second-order valence-electron chi connectivity index (χ2n) is 3.90. The SMILES string of the molecule is CCOC(=O)C[C@H](N)c1c(CO)cnc(C)c1O. The molecule has 4 N–H and O–H groups in total. The minimum atomic E-state index is -0.729. The third kappa shape index (κ3) is 3.18. The molecule has 1 atom stereocenters. The van der Waals surface area contributed by atoms with E-state index in [0.717, 1.165) is 0 Å². The monoisotopic (exact) mass is 254 g/mol. The smallest absolute Gasteiger partial charge is 0.307 e. The number of aliphatic hydroxyl groups is 1. The predicted molar refractivity (Wildman–Crippen MR) is 64.7 cm³/mol. The number of esters is 1. The Balaban J connectivity index is 3.00. The summed E-state index contributed by atoms with van der Waals surface area (Å²) in [5.41, 5.74) is 7.03. The van der Waals surface area contributed by atoms with Gasteiger partial charge in [-0.2, -0.15) is 0 Å². The largest absolute Gasteiger partial charge is 0.506 e. The first-order valence-corrected chi connectivity index (χ1v) is 5.70. The van der Waals surface area contributed by atoms with E-state index < -0.39 is 12.0 Å². The lowest BCUT2D eigenvalue weighted by Crippen LogP contribution is -2.19. The van der Waals surface area contributed by atoms with Crippen molar-refractivity contribution in [3.8, 4) is 5.75 Å². The zero-order valence-electron chi connectivity index (χ0n) is 10.5. The lowest BCUT2D eigenvalue weighted by Gasteiger charge is -2.17. The van der Waals surface area contributed by atoms with Gasteiger partial charge in [-0.15, -0.1) is 0 Å². The molecule has 1 aromatic heterocycles. The number of nitrogens with two attached hydrogens (primary N) is 1. The van der Waals surface area contributed by atoms with Gasteiger partial charge in [-0.1, -0.05) is 0 Å². The Morgan fingerprint density at radius 3 is 2.83 bits per heavy atom. The van der Waals surface area contributed by atoms with Crippen molar-refractivity contribution in [2.45, 2.75) is 32.9 Å². The van der Waals surface area contributed by atoms with Gasteiger partial charge >= 0.3 is 5.97 Å². The number of ether oxygens (including phenoxy) is 1. The second-order valence-corrected chi connectivity index (χ2v) is 3.90. The van der Waals surface area contributed by atoms with Gasteiger partial charge in [0.25, 0.3) is 0 Å². The third-order valence-corrected chi connectivity index (χ3v) is 2.59. The molecule has 0 saturated heterocycles. The summed E-state index contributed by atoms with van der Waals surface area (Å²) in [6.07, 6.45) is 1.38. The Bertz CT molecular complexity index is 434. The van der Waals surface area contributed by atoms with Crippen LogP contribution in [0.2, 0.25) is 0 Å². The molecule has 0 aliphatic carbocycles. The molecular weight excluding hydrogens is 236 g/mol. The lowest BCUT2D eigenvalue weighted by molar-refractivity contribution is -0.143. The van der Waals surface area contributed by atoms with Gasteiger partial charge in [0.15, 0.2) is 0 Å². The average molecular weight is 254 g/mol. The van der Waals surface area contributed by atoms with Crippen LogP contribution >= 0.6 is 0 Å². The van der Waals surface area contributed by atoms with E-state index in [-0.39, 0.29) is 25.4 Å². The van der Waals surface area contributed by atoms with Crippen molar-refractivity contribution < 1.29 is 19.7 Å². The Labute approximate surface area is 105 Å². The van der Waals surface area contributed by atoms with E-state index in [9.17, 15) is 15.0 Å². The van der Waals surface area contributed by atoms with Gasteiger partial charge in [0.1, 0.15) is 5.75 Å². The van der Waals surface area contributed by atoms with Crippen LogP contribution in [0.25, 0.3) is 0 Å². The normalized spacial score (nSPS) is 12.2. The molecule has 0 fully saturated rings.